The quantitative estimate of drug-likeness (QED) is 0.503. The fourth-order valence-corrected chi connectivity index (χ4v) is 2.05. The number of carbonyl (C=O) groups is 1. The highest BCUT2D eigenvalue weighted by Gasteiger charge is 2.03. The SMILES string of the molecule is CCCCCCCCCCCCNC(=O)OC[C@H](C)O. The molecule has 0 unspecified atom stereocenters. The van der Waals surface area contributed by atoms with E-state index in [1.807, 2.05) is 0 Å². The molecule has 4 heteroatoms. The maximum Gasteiger partial charge on any atom is 0.407 e. The number of unbranched alkanes of at least 4 members (excludes halogenated alkanes) is 9. The minimum Gasteiger partial charge on any atom is -0.447 e. The van der Waals surface area contributed by atoms with Crippen LogP contribution < -0.4 is 5.32 Å². The highest BCUT2D eigenvalue weighted by Crippen LogP contribution is 2.10. The third kappa shape index (κ3) is 15.3. The van der Waals surface area contributed by atoms with E-state index in [2.05, 4.69) is 12.2 Å². The molecule has 20 heavy (non-hydrogen) atoms. The molecule has 1 atom stereocenters. The van der Waals surface area contributed by atoms with Crippen LogP contribution in [0.1, 0.15) is 78.1 Å². The molecule has 2 N–H and O–H groups in total. The summed E-state index contributed by atoms with van der Waals surface area (Å²) in [5, 5.41) is 11.6. The van der Waals surface area contributed by atoms with Crippen LogP contribution >= 0.6 is 0 Å². The van der Waals surface area contributed by atoms with Crippen molar-refractivity contribution < 1.29 is 14.6 Å². The average molecular weight is 287 g/mol. The smallest absolute Gasteiger partial charge is 0.407 e. The third-order valence-electron chi connectivity index (χ3n) is 3.26. The van der Waals surface area contributed by atoms with Gasteiger partial charge in [0.2, 0.25) is 0 Å². The summed E-state index contributed by atoms with van der Waals surface area (Å²) >= 11 is 0. The Morgan fingerprint density at radius 1 is 1.00 bits per heavy atom. The maximum atomic E-state index is 11.2. The van der Waals surface area contributed by atoms with Gasteiger partial charge in [0.1, 0.15) is 6.61 Å². The first-order valence-electron chi connectivity index (χ1n) is 8.25. The van der Waals surface area contributed by atoms with Crippen LogP contribution in [-0.2, 0) is 4.74 Å². The third-order valence-corrected chi connectivity index (χ3v) is 3.26. The van der Waals surface area contributed by atoms with Crippen LogP contribution in [0.4, 0.5) is 4.79 Å². The average Bonchev–Trinajstić information content (AvgIpc) is 2.42. The zero-order valence-electron chi connectivity index (χ0n) is 13.3. The fourth-order valence-electron chi connectivity index (χ4n) is 2.05. The summed E-state index contributed by atoms with van der Waals surface area (Å²) in [5.74, 6) is 0. The van der Waals surface area contributed by atoms with E-state index in [9.17, 15) is 4.79 Å². The van der Waals surface area contributed by atoms with E-state index >= 15 is 0 Å². The highest BCUT2D eigenvalue weighted by atomic mass is 16.6. The normalized spacial score (nSPS) is 12.2. The van der Waals surface area contributed by atoms with Gasteiger partial charge >= 0.3 is 6.09 Å². The first-order chi connectivity index (χ1) is 9.66. The van der Waals surface area contributed by atoms with Crippen LogP contribution in [0.25, 0.3) is 0 Å². The van der Waals surface area contributed by atoms with Gasteiger partial charge < -0.3 is 15.2 Å². The van der Waals surface area contributed by atoms with Gasteiger partial charge in [-0.1, -0.05) is 64.7 Å². The Hall–Kier alpha value is -0.770. The molecule has 120 valence electrons. The second kappa shape index (κ2) is 14.6. The van der Waals surface area contributed by atoms with Gasteiger partial charge in [0.05, 0.1) is 6.10 Å². The number of hydrogen-bond acceptors (Lipinski definition) is 3. The molecule has 0 aromatic heterocycles. The summed E-state index contributed by atoms with van der Waals surface area (Å²) in [4.78, 5) is 11.2. The lowest BCUT2D eigenvalue weighted by Gasteiger charge is -2.08. The first kappa shape index (κ1) is 19.2. The van der Waals surface area contributed by atoms with Gasteiger partial charge in [-0.15, -0.1) is 0 Å². The summed E-state index contributed by atoms with van der Waals surface area (Å²) in [7, 11) is 0. The number of hydrogen-bond donors (Lipinski definition) is 2. The molecule has 0 aromatic carbocycles. The van der Waals surface area contributed by atoms with Crippen LogP contribution in [0.5, 0.6) is 0 Å². The topological polar surface area (TPSA) is 58.6 Å². The van der Waals surface area contributed by atoms with E-state index in [-0.39, 0.29) is 6.61 Å². The van der Waals surface area contributed by atoms with Crippen LogP contribution in [0.15, 0.2) is 0 Å². The van der Waals surface area contributed by atoms with E-state index in [0.717, 1.165) is 12.8 Å². The van der Waals surface area contributed by atoms with Crippen molar-refractivity contribution in [2.45, 2.75) is 84.2 Å². The minimum atomic E-state index is -0.599. The molecule has 0 saturated heterocycles. The van der Waals surface area contributed by atoms with E-state index in [1.54, 1.807) is 6.92 Å². The number of aliphatic hydroxyl groups excluding tert-OH is 1. The van der Waals surface area contributed by atoms with E-state index in [4.69, 9.17) is 9.84 Å². The van der Waals surface area contributed by atoms with Crippen molar-refractivity contribution in [2.75, 3.05) is 13.2 Å². The molecule has 4 nitrogen and oxygen atoms in total. The molecule has 0 radical (unpaired) electrons. The lowest BCUT2D eigenvalue weighted by molar-refractivity contribution is 0.0780. The number of amides is 1. The number of rotatable bonds is 13. The van der Waals surface area contributed by atoms with Gasteiger partial charge in [-0.2, -0.15) is 0 Å². The Bertz CT molecular complexity index is 220. The fraction of sp³-hybridized carbons (Fsp3) is 0.938. The van der Waals surface area contributed by atoms with Crippen molar-refractivity contribution in [2.24, 2.45) is 0 Å². The summed E-state index contributed by atoms with van der Waals surface area (Å²) in [5.41, 5.74) is 0. The lowest BCUT2D eigenvalue weighted by atomic mass is 10.1. The summed E-state index contributed by atoms with van der Waals surface area (Å²) in [6, 6.07) is 0. The van der Waals surface area contributed by atoms with Crippen molar-refractivity contribution in [3.05, 3.63) is 0 Å². The van der Waals surface area contributed by atoms with Crippen molar-refractivity contribution in [3.63, 3.8) is 0 Å². The monoisotopic (exact) mass is 287 g/mol. The number of carbonyl (C=O) groups excluding carboxylic acids is 1. The molecule has 0 rings (SSSR count). The summed E-state index contributed by atoms with van der Waals surface area (Å²) in [6.45, 7) is 4.56. The molecule has 0 bridgehead atoms. The van der Waals surface area contributed by atoms with Crippen LogP contribution in [0, 0.1) is 0 Å². The summed E-state index contributed by atoms with van der Waals surface area (Å²) in [6.07, 6.45) is 11.8. The molecule has 0 aromatic rings. The van der Waals surface area contributed by atoms with Crippen molar-refractivity contribution >= 4 is 6.09 Å². The second-order valence-electron chi connectivity index (χ2n) is 5.56. The van der Waals surface area contributed by atoms with Crippen molar-refractivity contribution in [1.82, 2.24) is 5.32 Å². The predicted molar refractivity (Wildman–Crippen MR) is 82.9 cm³/mol. The minimum absolute atomic E-state index is 0.0594. The van der Waals surface area contributed by atoms with Gasteiger partial charge in [0.15, 0.2) is 0 Å². The zero-order chi connectivity index (χ0) is 15.1. The lowest BCUT2D eigenvalue weighted by Crippen LogP contribution is -2.27. The molecule has 0 fully saturated rings. The number of alkyl carbamates (subject to hydrolysis) is 1. The van der Waals surface area contributed by atoms with E-state index in [0.29, 0.717) is 6.54 Å². The molecule has 0 heterocycles. The number of aliphatic hydroxyl groups is 1. The van der Waals surface area contributed by atoms with Gasteiger partial charge in [0, 0.05) is 6.54 Å². The Labute approximate surface area is 124 Å². The van der Waals surface area contributed by atoms with Crippen LogP contribution in [-0.4, -0.2) is 30.5 Å². The molecule has 0 aliphatic heterocycles. The van der Waals surface area contributed by atoms with Gasteiger partial charge in [-0.3, -0.25) is 0 Å². The van der Waals surface area contributed by atoms with Gasteiger partial charge in [0.25, 0.3) is 0 Å². The molecule has 0 aliphatic carbocycles. The molecule has 0 saturated carbocycles. The molecule has 1 amide bonds. The van der Waals surface area contributed by atoms with Gasteiger partial charge in [-0.25, -0.2) is 4.79 Å². The summed E-state index contributed by atoms with van der Waals surface area (Å²) < 4.78 is 4.80. The van der Waals surface area contributed by atoms with E-state index in [1.165, 1.54) is 51.4 Å². The molecule has 0 spiro atoms. The number of ether oxygens (including phenoxy) is 1. The molecular weight excluding hydrogens is 254 g/mol. The Morgan fingerprint density at radius 3 is 2.00 bits per heavy atom. The van der Waals surface area contributed by atoms with Crippen LogP contribution in [0.2, 0.25) is 0 Å². The predicted octanol–water partition coefficient (Wildman–Crippen LogP) is 4.01. The highest BCUT2D eigenvalue weighted by molar-refractivity contribution is 5.67. The van der Waals surface area contributed by atoms with Crippen LogP contribution in [0.3, 0.4) is 0 Å². The largest absolute Gasteiger partial charge is 0.447 e. The Kier molecular flexibility index (Phi) is 14.1. The Balaban J connectivity index is 3.11. The zero-order valence-corrected chi connectivity index (χ0v) is 13.3. The Morgan fingerprint density at radius 2 is 1.50 bits per heavy atom. The van der Waals surface area contributed by atoms with Gasteiger partial charge in [-0.05, 0) is 13.3 Å². The first-order valence-corrected chi connectivity index (χ1v) is 8.25. The molecular formula is C16H33NO3. The standard InChI is InChI=1S/C16H33NO3/c1-3-4-5-6-7-8-9-10-11-12-13-17-16(19)20-14-15(2)18/h15,18H,3-14H2,1-2H3,(H,17,19)/t15-/m0/s1. The molecule has 0 aliphatic rings. The second-order valence-corrected chi connectivity index (χ2v) is 5.56. The number of nitrogens with one attached hydrogen (secondary N) is 1. The van der Waals surface area contributed by atoms with E-state index < -0.39 is 12.2 Å². The van der Waals surface area contributed by atoms with Crippen molar-refractivity contribution in [1.29, 1.82) is 0 Å². The van der Waals surface area contributed by atoms with Crippen molar-refractivity contribution in [3.8, 4) is 0 Å². The maximum absolute atomic E-state index is 11.2.